The Balaban J connectivity index is 1.71. The average molecular weight is 225 g/mol. The van der Waals surface area contributed by atoms with Gasteiger partial charge in [0.25, 0.3) is 0 Å². The van der Waals surface area contributed by atoms with Crippen LogP contribution >= 0.6 is 0 Å². The van der Waals surface area contributed by atoms with Crippen LogP contribution in [0.3, 0.4) is 0 Å². The number of hydrogen-bond donors (Lipinski definition) is 2. The van der Waals surface area contributed by atoms with Crippen LogP contribution in [0.15, 0.2) is 0 Å². The Morgan fingerprint density at radius 1 is 1.44 bits per heavy atom. The molecule has 1 heterocycles. The number of hydrogen-bond acceptors (Lipinski definition) is 3. The highest BCUT2D eigenvalue weighted by Crippen LogP contribution is 2.18. The number of likely N-dealkylation sites (tertiary alicyclic amines) is 1. The molecule has 0 aromatic carbocycles. The van der Waals surface area contributed by atoms with Gasteiger partial charge in [-0.25, -0.2) is 0 Å². The van der Waals surface area contributed by atoms with E-state index in [1.807, 2.05) is 0 Å². The fourth-order valence-electron chi connectivity index (χ4n) is 1.96. The molecule has 0 bridgehead atoms. The van der Waals surface area contributed by atoms with E-state index in [1.54, 1.807) is 4.90 Å². The summed E-state index contributed by atoms with van der Waals surface area (Å²) in [7, 11) is 0. The minimum Gasteiger partial charge on any atom is -0.353 e. The minimum absolute atomic E-state index is 0.00882. The van der Waals surface area contributed by atoms with Crippen LogP contribution < -0.4 is 11.1 Å². The lowest BCUT2D eigenvalue weighted by atomic mass is 10.1. The van der Waals surface area contributed by atoms with Crippen molar-refractivity contribution in [1.82, 2.24) is 10.2 Å². The lowest BCUT2D eigenvalue weighted by molar-refractivity contribution is -0.135. The summed E-state index contributed by atoms with van der Waals surface area (Å²) in [5.74, 6) is 0.0416. The van der Waals surface area contributed by atoms with Gasteiger partial charge in [0.15, 0.2) is 0 Å². The van der Waals surface area contributed by atoms with Crippen LogP contribution in [-0.2, 0) is 9.59 Å². The van der Waals surface area contributed by atoms with Crippen molar-refractivity contribution in [1.29, 1.82) is 0 Å². The number of amides is 2. The van der Waals surface area contributed by atoms with Gasteiger partial charge in [0.1, 0.15) is 0 Å². The molecule has 1 saturated heterocycles. The third-order valence-electron chi connectivity index (χ3n) is 3.12. The van der Waals surface area contributed by atoms with E-state index >= 15 is 0 Å². The summed E-state index contributed by atoms with van der Waals surface area (Å²) in [4.78, 5) is 24.8. The molecule has 2 rings (SSSR count). The normalized spacial score (nSPS) is 25.7. The zero-order valence-electron chi connectivity index (χ0n) is 9.45. The maximum Gasteiger partial charge on any atom is 0.239 e. The Bertz CT molecular complexity index is 289. The summed E-state index contributed by atoms with van der Waals surface area (Å²) in [6.45, 7) is 1.24. The maximum absolute atomic E-state index is 11.6. The van der Waals surface area contributed by atoms with Crippen molar-refractivity contribution in [2.45, 2.75) is 44.2 Å². The van der Waals surface area contributed by atoms with E-state index in [0.717, 1.165) is 32.2 Å². The molecule has 1 atom stereocenters. The van der Waals surface area contributed by atoms with E-state index < -0.39 is 0 Å². The topological polar surface area (TPSA) is 75.4 Å². The monoisotopic (exact) mass is 225 g/mol. The number of nitrogens with two attached hydrogens (primary N) is 1. The predicted octanol–water partition coefficient (Wildman–Crippen LogP) is -0.395. The van der Waals surface area contributed by atoms with Crippen LogP contribution in [0.5, 0.6) is 0 Å². The fourth-order valence-corrected chi connectivity index (χ4v) is 1.96. The van der Waals surface area contributed by atoms with Crippen LogP contribution in [0, 0.1) is 0 Å². The second-order valence-electron chi connectivity index (χ2n) is 4.67. The smallest absolute Gasteiger partial charge is 0.239 e. The van der Waals surface area contributed by atoms with Gasteiger partial charge in [-0.05, 0) is 25.7 Å². The van der Waals surface area contributed by atoms with Gasteiger partial charge < -0.3 is 16.0 Å². The molecule has 1 saturated carbocycles. The standard InChI is InChI=1S/C11H19N3O2/c12-9-2-1-6-14(11(9)16)7-5-10(15)13-8-3-4-8/h8-9H,1-7,12H2,(H,13,15). The van der Waals surface area contributed by atoms with Crippen molar-refractivity contribution in [3.8, 4) is 0 Å². The predicted molar refractivity (Wildman–Crippen MR) is 59.6 cm³/mol. The Morgan fingerprint density at radius 3 is 2.88 bits per heavy atom. The molecular weight excluding hydrogens is 206 g/mol. The van der Waals surface area contributed by atoms with Gasteiger partial charge in [-0.2, -0.15) is 0 Å². The highest BCUT2D eigenvalue weighted by Gasteiger charge is 2.27. The molecule has 5 nitrogen and oxygen atoms in total. The summed E-state index contributed by atoms with van der Waals surface area (Å²) in [5.41, 5.74) is 5.67. The molecule has 0 radical (unpaired) electrons. The SMILES string of the molecule is NC1CCCN(CCC(=O)NC2CC2)C1=O. The quantitative estimate of drug-likeness (QED) is 0.684. The summed E-state index contributed by atoms with van der Waals surface area (Å²) in [5, 5.41) is 2.91. The second kappa shape index (κ2) is 4.82. The summed E-state index contributed by atoms with van der Waals surface area (Å²) in [6, 6.07) is 0.0343. The van der Waals surface area contributed by atoms with E-state index in [-0.39, 0.29) is 17.9 Å². The molecule has 3 N–H and O–H groups in total. The minimum atomic E-state index is -0.361. The highest BCUT2D eigenvalue weighted by molar-refractivity contribution is 5.83. The highest BCUT2D eigenvalue weighted by atomic mass is 16.2. The summed E-state index contributed by atoms with van der Waals surface area (Å²) >= 11 is 0. The van der Waals surface area contributed by atoms with Gasteiger partial charge >= 0.3 is 0 Å². The van der Waals surface area contributed by atoms with Crippen molar-refractivity contribution in [2.75, 3.05) is 13.1 Å². The molecule has 0 aromatic rings. The number of carbonyl (C=O) groups excluding carboxylic acids is 2. The van der Waals surface area contributed by atoms with Gasteiger partial charge in [0, 0.05) is 25.6 Å². The van der Waals surface area contributed by atoms with Crippen molar-refractivity contribution < 1.29 is 9.59 Å². The van der Waals surface area contributed by atoms with Gasteiger partial charge in [0.05, 0.1) is 6.04 Å². The molecule has 1 aliphatic heterocycles. The second-order valence-corrected chi connectivity index (χ2v) is 4.67. The Morgan fingerprint density at radius 2 is 2.19 bits per heavy atom. The van der Waals surface area contributed by atoms with E-state index in [2.05, 4.69) is 5.32 Å². The van der Waals surface area contributed by atoms with E-state index in [9.17, 15) is 9.59 Å². The zero-order chi connectivity index (χ0) is 11.5. The lowest BCUT2D eigenvalue weighted by Crippen LogP contribution is -2.49. The van der Waals surface area contributed by atoms with Crippen molar-refractivity contribution in [3.05, 3.63) is 0 Å². The van der Waals surface area contributed by atoms with E-state index in [1.165, 1.54) is 0 Å². The first-order valence-electron chi connectivity index (χ1n) is 6.00. The molecule has 1 aliphatic carbocycles. The van der Waals surface area contributed by atoms with Crippen molar-refractivity contribution >= 4 is 11.8 Å². The maximum atomic E-state index is 11.6. The van der Waals surface area contributed by atoms with E-state index in [4.69, 9.17) is 5.73 Å². The van der Waals surface area contributed by atoms with Gasteiger partial charge in [-0.3, -0.25) is 9.59 Å². The van der Waals surface area contributed by atoms with Crippen LogP contribution in [0.1, 0.15) is 32.1 Å². The summed E-state index contributed by atoms with van der Waals surface area (Å²) in [6.07, 6.45) is 4.30. The average Bonchev–Trinajstić information content (AvgIpc) is 3.04. The largest absolute Gasteiger partial charge is 0.353 e. The molecule has 1 unspecified atom stereocenters. The van der Waals surface area contributed by atoms with Crippen molar-refractivity contribution in [2.24, 2.45) is 5.73 Å². The van der Waals surface area contributed by atoms with Gasteiger partial charge in [0.2, 0.25) is 11.8 Å². The van der Waals surface area contributed by atoms with Crippen LogP contribution in [-0.4, -0.2) is 41.9 Å². The molecule has 5 heteroatoms. The third kappa shape index (κ3) is 2.95. The Labute approximate surface area is 95.3 Å². The molecule has 2 aliphatic rings. The first-order valence-corrected chi connectivity index (χ1v) is 6.00. The van der Waals surface area contributed by atoms with E-state index in [0.29, 0.717) is 19.0 Å². The molecule has 16 heavy (non-hydrogen) atoms. The van der Waals surface area contributed by atoms with Crippen molar-refractivity contribution in [3.63, 3.8) is 0 Å². The first kappa shape index (κ1) is 11.4. The van der Waals surface area contributed by atoms with Crippen LogP contribution in [0.4, 0.5) is 0 Å². The molecule has 90 valence electrons. The third-order valence-corrected chi connectivity index (χ3v) is 3.12. The number of nitrogens with one attached hydrogen (secondary N) is 1. The lowest BCUT2D eigenvalue weighted by Gasteiger charge is -2.30. The number of rotatable bonds is 4. The molecule has 2 amide bonds. The number of carbonyl (C=O) groups is 2. The molecule has 2 fully saturated rings. The fraction of sp³-hybridized carbons (Fsp3) is 0.818. The van der Waals surface area contributed by atoms with Gasteiger partial charge in [-0.15, -0.1) is 0 Å². The first-order chi connectivity index (χ1) is 7.66. The number of piperidine rings is 1. The molecular formula is C11H19N3O2. The molecule has 0 spiro atoms. The Kier molecular flexibility index (Phi) is 3.43. The zero-order valence-corrected chi connectivity index (χ0v) is 9.45. The number of nitrogens with zero attached hydrogens (tertiary/aromatic N) is 1. The molecule has 0 aromatic heterocycles. The van der Waals surface area contributed by atoms with Crippen LogP contribution in [0.25, 0.3) is 0 Å². The van der Waals surface area contributed by atoms with Gasteiger partial charge in [-0.1, -0.05) is 0 Å². The van der Waals surface area contributed by atoms with Crippen LogP contribution in [0.2, 0.25) is 0 Å². The summed E-state index contributed by atoms with van der Waals surface area (Å²) < 4.78 is 0. The Hall–Kier alpha value is -1.10.